The summed E-state index contributed by atoms with van der Waals surface area (Å²) in [5.74, 6) is 0. The quantitative estimate of drug-likeness (QED) is 0.168. The SMILES string of the molecule is c1ccc2cc(-c3ccc(N(c4ccc5c(ccc6ccccc65)c4)c4ccc(-c5cccc6ccccc56)c5oc6ccccc6c45)cc3)ccc2c1. The van der Waals surface area contributed by atoms with Crippen molar-refractivity contribution in [3.63, 3.8) is 0 Å². The molecule has 0 fully saturated rings. The summed E-state index contributed by atoms with van der Waals surface area (Å²) in [4.78, 5) is 2.40. The second kappa shape index (κ2) is 12.2. The summed E-state index contributed by atoms with van der Waals surface area (Å²) in [6, 6.07) is 72.3. The van der Waals surface area contributed by atoms with E-state index in [4.69, 9.17) is 4.42 Å². The van der Waals surface area contributed by atoms with Gasteiger partial charge in [-0.1, -0.05) is 152 Å². The van der Waals surface area contributed by atoms with Crippen LogP contribution >= 0.6 is 0 Å². The first kappa shape index (κ1) is 30.5. The maximum atomic E-state index is 6.85. The van der Waals surface area contributed by atoms with Crippen LogP contribution in [0.2, 0.25) is 0 Å². The van der Waals surface area contributed by atoms with Gasteiger partial charge in [0, 0.05) is 22.3 Å². The highest BCUT2D eigenvalue weighted by molar-refractivity contribution is 6.19. The van der Waals surface area contributed by atoms with Crippen LogP contribution in [-0.2, 0) is 0 Å². The third-order valence-electron chi connectivity index (χ3n) is 11.0. The monoisotopic (exact) mass is 687 g/mol. The molecule has 0 N–H and O–H groups in total. The highest BCUT2D eigenvalue weighted by Gasteiger charge is 2.23. The zero-order valence-electron chi connectivity index (χ0n) is 29.4. The zero-order valence-corrected chi connectivity index (χ0v) is 29.4. The Morgan fingerprint density at radius 2 is 0.944 bits per heavy atom. The molecule has 0 amide bonds. The molecule has 11 aromatic rings. The molecule has 0 bridgehead atoms. The van der Waals surface area contributed by atoms with E-state index < -0.39 is 0 Å². The third kappa shape index (κ3) is 4.88. The summed E-state index contributed by atoms with van der Waals surface area (Å²) in [6.45, 7) is 0. The van der Waals surface area contributed by atoms with E-state index in [0.29, 0.717) is 0 Å². The molecule has 252 valence electrons. The number of furan rings is 1. The molecule has 0 aliphatic carbocycles. The number of benzene rings is 10. The Labute approximate surface area is 312 Å². The molecule has 10 aromatic carbocycles. The lowest BCUT2D eigenvalue weighted by Crippen LogP contribution is -2.10. The number of rotatable bonds is 5. The molecule has 1 heterocycles. The van der Waals surface area contributed by atoms with Crippen molar-refractivity contribution in [2.45, 2.75) is 0 Å². The molecule has 2 nitrogen and oxygen atoms in total. The van der Waals surface area contributed by atoms with E-state index in [9.17, 15) is 0 Å². The first-order valence-electron chi connectivity index (χ1n) is 18.5. The van der Waals surface area contributed by atoms with Crippen molar-refractivity contribution in [1.82, 2.24) is 0 Å². The van der Waals surface area contributed by atoms with Crippen molar-refractivity contribution in [3.05, 3.63) is 200 Å². The van der Waals surface area contributed by atoms with Gasteiger partial charge in [0.25, 0.3) is 0 Å². The Bertz CT molecular complexity index is 3220. The van der Waals surface area contributed by atoms with Gasteiger partial charge in [-0.25, -0.2) is 0 Å². The van der Waals surface area contributed by atoms with Crippen LogP contribution in [0.25, 0.3) is 87.3 Å². The molecule has 0 aliphatic heterocycles. The Hall–Kier alpha value is -7.16. The number of nitrogens with zero attached hydrogens (tertiary/aromatic N) is 1. The van der Waals surface area contributed by atoms with Gasteiger partial charge in [0.15, 0.2) is 0 Å². The molecule has 0 spiro atoms. The van der Waals surface area contributed by atoms with Gasteiger partial charge in [0.05, 0.1) is 11.1 Å². The number of para-hydroxylation sites is 1. The third-order valence-corrected chi connectivity index (χ3v) is 11.0. The van der Waals surface area contributed by atoms with Gasteiger partial charge < -0.3 is 9.32 Å². The highest BCUT2D eigenvalue weighted by Crippen LogP contribution is 2.47. The van der Waals surface area contributed by atoms with Crippen molar-refractivity contribution in [2.24, 2.45) is 0 Å². The molecule has 11 rings (SSSR count). The van der Waals surface area contributed by atoms with Gasteiger partial charge >= 0.3 is 0 Å². The highest BCUT2D eigenvalue weighted by atomic mass is 16.3. The first-order valence-corrected chi connectivity index (χ1v) is 18.5. The summed E-state index contributed by atoms with van der Waals surface area (Å²) in [6.07, 6.45) is 0. The molecule has 0 radical (unpaired) electrons. The molecule has 0 saturated carbocycles. The zero-order chi connectivity index (χ0) is 35.6. The molecule has 2 heteroatoms. The standard InChI is InChI=1S/C52H33NO/c1-2-13-38-32-39(22-20-34(38)10-1)35-24-26-41(27-25-35)53(42-28-29-45-40(33-42)23-21-37-12-4-5-15-43(37)45)49-31-30-47(46-18-9-14-36-11-3-6-16-44(36)46)52-51(49)48-17-7-8-19-50(48)54-52/h1-33H. The Morgan fingerprint density at radius 3 is 1.80 bits per heavy atom. The second-order valence-corrected chi connectivity index (χ2v) is 14.1. The topological polar surface area (TPSA) is 16.4 Å². The molecule has 0 atom stereocenters. The van der Waals surface area contributed by atoms with Crippen LogP contribution in [0.1, 0.15) is 0 Å². The molecule has 0 saturated heterocycles. The maximum absolute atomic E-state index is 6.85. The fourth-order valence-electron chi connectivity index (χ4n) is 8.41. The fraction of sp³-hybridized carbons (Fsp3) is 0. The normalized spacial score (nSPS) is 11.7. The van der Waals surface area contributed by atoms with E-state index >= 15 is 0 Å². The van der Waals surface area contributed by atoms with Crippen molar-refractivity contribution in [3.8, 4) is 22.3 Å². The van der Waals surface area contributed by atoms with Crippen LogP contribution in [0, 0.1) is 0 Å². The van der Waals surface area contributed by atoms with E-state index in [0.717, 1.165) is 50.1 Å². The molecule has 0 aliphatic rings. The number of fused-ring (bicyclic) bond motifs is 8. The van der Waals surface area contributed by atoms with Gasteiger partial charge in [-0.3, -0.25) is 0 Å². The fourth-order valence-corrected chi connectivity index (χ4v) is 8.41. The van der Waals surface area contributed by atoms with E-state index in [1.807, 2.05) is 0 Å². The van der Waals surface area contributed by atoms with Crippen LogP contribution in [-0.4, -0.2) is 0 Å². The average molecular weight is 688 g/mol. The van der Waals surface area contributed by atoms with Crippen LogP contribution in [0.5, 0.6) is 0 Å². The average Bonchev–Trinajstić information content (AvgIpc) is 3.64. The molecule has 1 aromatic heterocycles. The molecule has 0 unspecified atom stereocenters. The lowest BCUT2D eigenvalue weighted by atomic mass is 9.95. The van der Waals surface area contributed by atoms with Gasteiger partial charge in [-0.15, -0.1) is 0 Å². The summed E-state index contributed by atoms with van der Waals surface area (Å²) in [7, 11) is 0. The van der Waals surface area contributed by atoms with Crippen LogP contribution in [0.4, 0.5) is 17.1 Å². The minimum atomic E-state index is 0.873. The van der Waals surface area contributed by atoms with Crippen LogP contribution in [0.15, 0.2) is 205 Å². The molecular formula is C52H33NO. The lowest BCUT2D eigenvalue weighted by Gasteiger charge is -2.27. The Balaban J connectivity index is 1.15. The lowest BCUT2D eigenvalue weighted by molar-refractivity contribution is 0.670. The molecular weight excluding hydrogens is 655 g/mol. The minimum Gasteiger partial charge on any atom is -0.455 e. The van der Waals surface area contributed by atoms with E-state index in [-0.39, 0.29) is 0 Å². The Morgan fingerprint density at radius 1 is 0.333 bits per heavy atom. The van der Waals surface area contributed by atoms with Crippen LogP contribution in [0.3, 0.4) is 0 Å². The molecule has 54 heavy (non-hydrogen) atoms. The van der Waals surface area contributed by atoms with Crippen LogP contribution < -0.4 is 4.90 Å². The predicted octanol–water partition coefficient (Wildman–Crippen LogP) is 15.0. The smallest absolute Gasteiger partial charge is 0.145 e. The van der Waals surface area contributed by atoms with Gasteiger partial charge in [-0.05, 0) is 108 Å². The van der Waals surface area contributed by atoms with E-state index in [1.165, 1.54) is 54.2 Å². The first-order chi connectivity index (χ1) is 26.8. The maximum Gasteiger partial charge on any atom is 0.145 e. The summed E-state index contributed by atoms with van der Waals surface area (Å²) in [5.41, 5.74) is 9.60. The van der Waals surface area contributed by atoms with Gasteiger partial charge in [0.2, 0.25) is 0 Å². The van der Waals surface area contributed by atoms with Crippen molar-refractivity contribution < 1.29 is 4.42 Å². The van der Waals surface area contributed by atoms with E-state index in [2.05, 4.69) is 205 Å². The van der Waals surface area contributed by atoms with E-state index in [1.54, 1.807) is 0 Å². The number of hydrogen-bond acceptors (Lipinski definition) is 2. The minimum absolute atomic E-state index is 0.873. The summed E-state index contributed by atoms with van der Waals surface area (Å²) >= 11 is 0. The van der Waals surface area contributed by atoms with Gasteiger partial charge in [-0.2, -0.15) is 0 Å². The Kier molecular flexibility index (Phi) is 6.90. The largest absolute Gasteiger partial charge is 0.455 e. The van der Waals surface area contributed by atoms with Gasteiger partial charge in [0.1, 0.15) is 11.2 Å². The summed E-state index contributed by atoms with van der Waals surface area (Å²) in [5, 5.41) is 12.0. The number of anilines is 3. The predicted molar refractivity (Wildman–Crippen MR) is 229 cm³/mol. The van der Waals surface area contributed by atoms with Crippen molar-refractivity contribution in [1.29, 1.82) is 0 Å². The second-order valence-electron chi connectivity index (χ2n) is 14.1. The summed E-state index contributed by atoms with van der Waals surface area (Å²) < 4.78 is 6.85. The number of hydrogen-bond donors (Lipinski definition) is 0. The van der Waals surface area contributed by atoms with Crippen molar-refractivity contribution in [2.75, 3.05) is 4.90 Å². The van der Waals surface area contributed by atoms with Crippen molar-refractivity contribution >= 4 is 82.1 Å².